The van der Waals surface area contributed by atoms with Crippen LogP contribution in [0.3, 0.4) is 0 Å². The number of hydrogen-bond donors (Lipinski definition) is 2. The molecule has 1 aromatic heterocycles. The summed E-state index contributed by atoms with van der Waals surface area (Å²) >= 11 is 7.61. The molecule has 0 bridgehead atoms. The van der Waals surface area contributed by atoms with Crippen molar-refractivity contribution >= 4 is 28.6 Å². The van der Waals surface area contributed by atoms with Crippen LogP contribution in [0.15, 0.2) is 36.4 Å². The highest BCUT2D eigenvalue weighted by molar-refractivity contribution is 7.12. The van der Waals surface area contributed by atoms with Gasteiger partial charge in [0.2, 0.25) is 0 Å². The Kier molecular flexibility index (Phi) is 4.05. The topological polar surface area (TPSA) is 32.3 Å². The number of hydrogen-bond acceptors (Lipinski definition) is 3. The monoisotopic (exact) mass is 267 g/mol. The highest BCUT2D eigenvalue weighted by atomic mass is 35.5. The fourth-order valence-electron chi connectivity index (χ4n) is 1.63. The first-order valence-corrected chi connectivity index (χ1v) is 6.58. The second kappa shape index (κ2) is 5.54. The minimum atomic E-state index is -0.0767. The molecule has 90 valence electrons. The van der Waals surface area contributed by atoms with Crippen LogP contribution in [0.1, 0.15) is 15.8 Å². The van der Waals surface area contributed by atoms with E-state index in [1.165, 1.54) is 4.88 Å². The van der Waals surface area contributed by atoms with Gasteiger partial charge in [-0.25, -0.2) is 0 Å². The van der Waals surface area contributed by atoms with Crippen molar-refractivity contribution < 1.29 is 5.11 Å². The maximum atomic E-state index is 9.43. The average Bonchev–Trinajstić information content (AvgIpc) is 2.73. The Balaban J connectivity index is 2.15. The third-order valence-corrected chi connectivity index (χ3v) is 3.80. The van der Waals surface area contributed by atoms with Crippen molar-refractivity contribution in [2.45, 2.75) is 13.0 Å². The van der Waals surface area contributed by atoms with Gasteiger partial charge >= 0.3 is 0 Å². The lowest BCUT2D eigenvalue weighted by atomic mass is 10.2. The number of aryl methyl sites for hydroxylation is 1. The summed E-state index contributed by atoms with van der Waals surface area (Å²) in [5.41, 5.74) is 0.919. The van der Waals surface area contributed by atoms with E-state index in [0.717, 1.165) is 10.6 Å². The molecular formula is C13H14ClNOS. The van der Waals surface area contributed by atoms with Gasteiger partial charge in [0.15, 0.2) is 0 Å². The standard InChI is InChI=1S/C13H14ClNOS/c1-9-5-6-13(17-9)12(8-16)15-11-4-2-3-10(14)7-11/h2-7,12,15-16H,8H2,1H3. The van der Waals surface area contributed by atoms with Crippen LogP contribution in [-0.2, 0) is 0 Å². The highest BCUT2D eigenvalue weighted by Gasteiger charge is 2.12. The summed E-state index contributed by atoms with van der Waals surface area (Å²) in [5, 5.41) is 13.4. The van der Waals surface area contributed by atoms with Crippen molar-refractivity contribution in [3.8, 4) is 0 Å². The van der Waals surface area contributed by atoms with Crippen LogP contribution in [-0.4, -0.2) is 11.7 Å². The van der Waals surface area contributed by atoms with E-state index < -0.39 is 0 Å². The zero-order chi connectivity index (χ0) is 12.3. The number of thiophene rings is 1. The number of nitrogens with one attached hydrogen (secondary N) is 1. The molecule has 1 heterocycles. The van der Waals surface area contributed by atoms with Crippen LogP contribution in [0.4, 0.5) is 5.69 Å². The van der Waals surface area contributed by atoms with Gasteiger partial charge in [-0.3, -0.25) is 0 Å². The molecule has 0 fully saturated rings. The van der Waals surface area contributed by atoms with Crippen LogP contribution in [0.2, 0.25) is 5.02 Å². The average molecular weight is 268 g/mol. The second-order valence-corrected chi connectivity index (χ2v) is 5.59. The fraction of sp³-hybridized carbons (Fsp3) is 0.231. The van der Waals surface area contributed by atoms with Gasteiger partial charge in [0.1, 0.15) is 0 Å². The molecule has 2 N–H and O–H groups in total. The Morgan fingerprint density at radius 1 is 1.35 bits per heavy atom. The van der Waals surface area contributed by atoms with E-state index in [2.05, 4.69) is 18.3 Å². The van der Waals surface area contributed by atoms with E-state index in [0.29, 0.717) is 5.02 Å². The molecule has 0 radical (unpaired) electrons. The van der Waals surface area contributed by atoms with Crippen molar-refractivity contribution in [1.29, 1.82) is 0 Å². The Labute approximate surface area is 110 Å². The maximum absolute atomic E-state index is 9.43. The van der Waals surface area contributed by atoms with E-state index >= 15 is 0 Å². The number of halogens is 1. The van der Waals surface area contributed by atoms with Gasteiger partial charge < -0.3 is 10.4 Å². The number of aliphatic hydroxyl groups excluding tert-OH is 1. The first-order chi connectivity index (χ1) is 8.19. The normalized spacial score (nSPS) is 12.4. The molecular weight excluding hydrogens is 254 g/mol. The minimum Gasteiger partial charge on any atom is -0.394 e. The third kappa shape index (κ3) is 3.22. The zero-order valence-corrected chi connectivity index (χ0v) is 11.1. The summed E-state index contributed by atoms with van der Waals surface area (Å²) in [6.45, 7) is 2.12. The molecule has 0 aliphatic rings. The van der Waals surface area contributed by atoms with Crippen molar-refractivity contribution in [1.82, 2.24) is 0 Å². The number of aliphatic hydroxyl groups is 1. The van der Waals surface area contributed by atoms with Crippen LogP contribution in [0, 0.1) is 6.92 Å². The van der Waals surface area contributed by atoms with Gasteiger partial charge in [-0.05, 0) is 37.3 Å². The molecule has 0 amide bonds. The molecule has 0 aliphatic heterocycles. The molecule has 2 rings (SSSR count). The zero-order valence-electron chi connectivity index (χ0n) is 9.48. The number of rotatable bonds is 4. The third-order valence-electron chi connectivity index (χ3n) is 2.45. The second-order valence-electron chi connectivity index (χ2n) is 3.84. The van der Waals surface area contributed by atoms with Gasteiger partial charge in [-0.1, -0.05) is 17.7 Å². The summed E-state index contributed by atoms with van der Waals surface area (Å²) in [6.07, 6.45) is 0. The summed E-state index contributed by atoms with van der Waals surface area (Å²) in [5.74, 6) is 0. The van der Waals surface area contributed by atoms with E-state index in [-0.39, 0.29) is 12.6 Å². The predicted octanol–water partition coefficient (Wildman–Crippen LogP) is 3.86. The lowest BCUT2D eigenvalue weighted by Gasteiger charge is -2.16. The van der Waals surface area contributed by atoms with Crippen LogP contribution in [0.5, 0.6) is 0 Å². The number of anilines is 1. The smallest absolute Gasteiger partial charge is 0.0837 e. The summed E-state index contributed by atoms with van der Waals surface area (Å²) in [6, 6.07) is 11.5. The van der Waals surface area contributed by atoms with Gasteiger partial charge in [-0.2, -0.15) is 0 Å². The largest absolute Gasteiger partial charge is 0.394 e. The molecule has 1 atom stereocenters. The SMILES string of the molecule is Cc1ccc(C(CO)Nc2cccc(Cl)c2)s1. The molecule has 0 spiro atoms. The molecule has 0 saturated carbocycles. The summed E-state index contributed by atoms with van der Waals surface area (Å²) in [7, 11) is 0. The summed E-state index contributed by atoms with van der Waals surface area (Å²) in [4.78, 5) is 2.37. The van der Waals surface area contributed by atoms with Crippen LogP contribution < -0.4 is 5.32 Å². The van der Waals surface area contributed by atoms with Gasteiger partial charge in [0.25, 0.3) is 0 Å². The van der Waals surface area contributed by atoms with Crippen LogP contribution >= 0.6 is 22.9 Å². The molecule has 1 aromatic carbocycles. The lowest BCUT2D eigenvalue weighted by molar-refractivity contribution is 0.278. The molecule has 2 aromatic rings. The molecule has 0 aliphatic carbocycles. The van der Waals surface area contributed by atoms with Gasteiger partial charge in [-0.15, -0.1) is 11.3 Å². The Morgan fingerprint density at radius 2 is 2.18 bits per heavy atom. The van der Waals surface area contributed by atoms with Crippen molar-refractivity contribution in [3.63, 3.8) is 0 Å². The van der Waals surface area contributed by atoms with Crippen molar-refractivity contribution in [2.24, 2.45) is 0 Å². The van der Waals surface area contributed by atoms with E-state index in [1.807, 2.05) is 30.3 Å². The Bertz CT molecular complexity index is 498. The van der Waals surface area contributed by atoms with E-state index in [4.69, 9.17) is 11.6 Å². The Morgan fingerprint density at radius 3 is 2.76 bits per heavy atom. The predicted molar refractivity (Wildman–Crippen MR) is 74.0 cm³/mol. The molecule has 4 heteroatoms. The fourth-order valence-corrected chi connectivity index (χ4v) is 2.74. The highest BCUT2D eigenvalue weighted by Crippen LogP contribution is 2.26. The van der Waals surface area contributed by atoms with E-state index in [9.17, 15) is 5.11 Å². The lowest BCUT2D eigenvalue weighted by Crippen LogP contribution is -2.13. The quantitative estimate of drug-likeness (QED) is 0.882. The van der Waals surface area contributed by atoms with Crippen molar-refractivity contribution in [3.05, 3.63) is 51.2 Å². The van der Waals surface area contributed by atoms with E-state index in [1.54, 1.807) is 11.3 Å². The molecule has 2 nitrogen and oxygen atoms in total. The first-order valence-electron chi connectivity index (χ1n) is 5.38. The van der Waals surface area contributed by atoms with Gasteiger partial charge in [0.05, 0.1) is 12.6 Å². The van der Waals surface area contributed by atoms with Crippen molar-refractivity contribution in [2.75, 3.05) is 11.9 Å². The Hall–Kier alpha value is -1.03. The molecule has 0 saturated heterocycles. The molecule has 17 heavy (non-hydrogen) atoms. The minimum absolute atomic E-state index is 0.0620. The maximum Gasteiger partial charge on any atom is 0.0837 e. The van der Waals surface area contributed by atoms with Gasteiger partial charge in [0, 0.05) is 20.5 Å². The first kappa shape index (κ1) is 12.4. The number of benzene rings is 1. The summed E-state index contributed by atoms with van der Waals surface area (Å²) < 4.78 is 0. The molecule has 1 unspecified atom stereocenters. The van der Waals surface area contributed by atoms with Crippen LogP contribution in [0.25, 0.3) is 0 Å².